The van der Waals surface area contributed by atoms with Gasteiger partial charge in [-0.05, 0) is 42.5 Å². The van der Waals surface area contributed by atoms with E-state index >= 15 is 0 Å². The number of nitrogens with zero attached hydrogens (tertiary/aromatic N) is 1. The summed E-state index contributed by atoms with van der Waals surface area (Å²) in [6.45, 7) is 1.46. The van der Waals surface area contributed by atoms with Crippen LogP contribution in [0.4, 0.5) is 0 Å². The van der Waals surface area contributed by atoms with E-state index in [1.165, 1.54) is 11.1 Å². The number of amides is 2. The number of nitrogens with one attached hydrogen (secondary N) is 1. The van der Waals surface area contributed by atoms with Gasteiger partial charge in [-0.2, -0.15) is 0 Å². The molecule has 0 radical (unpaired) electrons. The molecule has 1 atom stereocenters. The third-order valence-electron chi connectivity index (χ3n) is 5.63. The zero-order chi connectivity index (χ0) is 18.0. The highest BCUT2D eigenvalue weighted by atomic mass is 16.3. The lowest BCUT2D eigenvalue weighted by Gasteiger charge is -2.32. The second-order valence-electron chi connectivity index (χ2n) is 7.42. The van der Waals surface area contributed by atoms with Crippen LogP contribution in [0.25, 0.3) is 0 Å². The first-order valence-electron chi connectivity index (χ1n) is 9.32. The Kier molecular flexibility index (Phi) is 4.53. The van der Waals surface area contributed by atoms with Crippen molar-refractivity contribution in [2.75, 3.05) is 6.54 Å². The van der Waals surface area contributed by atoms with Gasteiger partial charge in [-0.15, -0.1) is 0 Å². The first kappa shape index (κ1) is 16.9. The van der Waals surface area contributed by atoms with Crippen molar-refractivity contribution in [3.05, 3.63) is 59.5 Å². The van der Waals surface area contributed by atoms with Gasteiger partial charge in [0.15, 0.2) is 0 Å². The third kappa shape index (κ3) is 3.52. The van der Waals surface area contributed by atoms with E-state index in [9.17, 15) is 9.59 Å². The Morgan fingerprint density at radius 1 is 1.15 bits per heavy atom. The molecule has 2 aromatic rings. The molecule has 136 valence electrons. The van der Waals surface area contributed by atoms with Gasteiger partial charge in [0.2, 0.25) is 11.8 Å². The highest BCUT2D eigenvalue weighted by molar-refractivity contribution is 5.80. The monoisotopic (exact) mass is 352 g/mol. The van der Waals surface area contributed by atoms with E-state index < -0.39 is 0 Å². The molecule has 1 saturated heterocycles. The van der Waals surface area contributed by atoms with Crippen molar-refractivity contribution in [1.29, 1.82) is 0 Å². The van der Waals surface area contributed by atoms with Gasteiger partial charge in [-0.3, -0.25) is 9.59 Å². The standard InChI is InChI=1S/C21H24N2O3/c24-19-7-10-21(22-19,14-18-6-3-13-26-18)11-8-20(25)23-12-9-16-4-1-2-5-17(16)15-23/h1-6,13H,7-12,14-15H2,(H,22,24). The van der Waals surface area contributed by atoms with Gasteiger partial charge in [0.25, 0.3) is 0 Å². The maximum atomic E-state index is 12.8. The van der Waals surface area contributed by atoms with Crippen molar-refractivity contribution >= 4 is 11.8 Å². The first-order valence-corrected chi connectivity index (χ1v) is 9.32. The van der Waals surface area contributed by atoms with Gasteiger partial charge in [-0.25, -0.2) is 0 Å². The quantitative estimate of drug-likeness (QED) is 0.900. The molecule has 3 heterocycles. The topological polar surface area (TPSA) is 62.6 Å². The predicted octanol–water partition coefficient (Wildman–Crippen LogP) is 2.84. The van der Waals surface area contributed by atoms with Gasteiger partial charge in [0.05, 0.1) is 6.26 Å². The number of rotatable bonds is 5. The minimum atomic E-state index is -0.363. The fourth-order valence-corrected chi connectivity index (χ4v) is 4.14. The number of hydrogen-bond donors (Lipinski definition) is 1. The van der Waals surface area contributed by atoms with Crippen molar-refractivity contribution in [3.8, 4) is 0 Å². The number of hydrogen-bond acceptors (Lipinski definition) is 3. The van der Waals surface area contributed by atoms with E-state index in [-0.39, 0.29) is 17.4 Å². The van der Waals surface area contributed by atoms with Gasteiger partial charge >= 0.3 is 0 Å². The van der Waals surface area contributed by atoms with Crippen LogP contribution >= 0.6 is 0 Å². The number of carbonyl (C=O) groups excluding carboxylic acids is 2. The summed E-state index contributed by atoms with van der Waals surface area (Å²) in [6.07, 6.45) is 5.57. The fourth-order valence-electron chi connectivity index (χ4n) is 4.14. The summed E-state index contributed by atoms with van der Waals surface area (Å²) < 4.78 is 5.47. The van der Waals surface area contributed by atoms with Crippen molar-refractivity contribution in [3.63, 3.8) is 0 Å². The number of fused-ring (bicyclic) bond motifs is 1. The summed E-state index contributed by atoms with van der Waals surface area (Å²) in [7, 11) is 0. The van der Waals surface area contributed by atoms with E-state index in [0.717, 1.165) is 25.1 Å². The molecule has 1 aromatic heterocycles. The smallest absolute Gasteiger partial charge is 0.222 e. The zero-order valence-corrected chi connectivity index (χ0v) is 14.9. The second kappa shape index (κ2) is 6.98. The van der Waals surface area contributed by atoms with Crippen LogP contribution in [0.5, 0.6) is 0 Å². The maximum Gasteiger partial charge on any atom is 0.222 e. The third-order valence-corrected chi connectivity index (χ3v) is 5.63. The molecule has 0 aliphatic carbocycles. The van der Waals surface area contributed by atoms with Crippen molar-refractivity contribution in [2.24, 2.45) is 0 Å². The molecule has 1 aromatic carbocycles. The molecule has 2 amide bonds. The van der Waals surface area contributed by atoms with E-state index in [1.807, 2.05) is 23.1 Å². The molecule has 0 spiro atoms. The molecule has 0 bridgehead atoms. The minimum Gasteiger partial charge on any atom is -0.469 e. The Balaban J connectivity index is 1.40. The number of furan rings is 1. The van der Waals surface area contributed by atoms with Crippen LogP contribution in [0.2, 0.25) is 0 Å². The largest absolute Gasteiger partial charge is 0.469 e. The van der Waals surface area contributed by atoms with E-state index in [0.29, 0.717) is 32.2 Å². The molecule has 4 rings (SSSR count). The summed E-state index contributed by atoms with van der Waals surface area (Å²) >= 11 is 0. The predicted molar refractivity (Wildman–Crippen MR) is 97.3 cm³/mol. The zero-order valence-electron chi connectivity index (χ0n) is 14.9. The molecule has 2 aliphatic rings. The molecule has 26 heavy (non-hydrogen) atoms. The summed E-state index contributed by atoms with van der Waals surface area (Å²) in [4.78, 5) is 26.6. The van der Waals surface area contributed by atoms with Crippen molar-refractivity contribution in [2.45, 2.75) is 50.6 Å². The SMILES string of the molecule is O=C1CCC(CCC(=O)N2CCc3ccccc3C2)(Cc2ccco2)N1. The summed E-state index contributed by atoms with van der Waals surface area (Å²) in [6, 6.07) is 12.1. The highest BCUT2D eigenvalue weighted by Gasteiger charge is 2.39. The van der Waals surface area contributed by atoms with Gasteiger partial charge in [-0.1, -0.05) is 24.3 Å². The summed E-state index contributed by atoms with van der Waals surface area (Å²) in [5.41, 5.74) is 2.22. The van der Waals surface area contributed by atoms with Crippen LogP contribution in [-0.4, -0.2) is 28.8 Å². The van der Waals surface area contributed by atoms with E-state index in [2.05, 4.69) is 23.5 Å². The first-order chi connectivity index (χ1) is 12.6. The van der Waals surface area contributed by atoms with Crippen LogP contribution in [0.1, 0.15) is 42.6 Å². The minimum absolute atomic E-state index is 0.0657. The lowest BCUT2D eigenvalue weighted by molar-refractivity contribution is -0.132. The molecular formula is C21H24N2O3. The molecule has 5 nitrogen and oxygen atoms in total. The Labute approximate surface area is 153 Å². The van der Waals surface area contributed by atoms with E-state index in [4.69, 9.17) is 4.42 Å². The lowest BCUT2D eigenvalue weighted by Crippen LogP contribution is -2.45. The van der Waals surface area contributed by atoms with Crippen LogP contribution in [0.15, 0.2) is 47.1 Å². The lowest BCUT2D eigenvalue weighted by atomic mass is 9.86. The average Bonchev–Trinajstić information content (AvgIpc) is 3.29. The van der Waals surface area contributed by atoms with E-state index in [1.54, 1.807) is 6.26 Å². The van der Waals surface area contributed by atoms with Crippen LogP contribution in [0.3, 0.4) is 0 Å². The summed E-state index contributed by atoms with van der Waals surface area (Å²) in [5, 5.41) is 3.11. The summed E-state index contributed by atoms with van der Waals surface area (Å²) in [5.74, 6) is 1.09. The molecule has 0 saturated carbocycles. The fraction of sp³-hybridized carbons (Fsp3) is 0.429. The van der Waals surface area contributed by atoms with Crippen LogP contribution < -0.4 is 5.32 Å². The average molecular weight is 352 g/mol. The van der Waals surface area contributed by atoms with Crippen LogP contribution in [0, 0.1) is 0 Å². The van der Waals surface area contributed by atoms with Crippen molar-refractivity contribution < 1.29 is 14.0 Å². The van der Waals surface area contributed by atoms with Gasteiger partial charge in [0, 0.05) is 37.9 Å². The Hall–Kier alpha value is -2.56. The van der Waals surface area contributed by atoms with Crippen molar-refractivity contribution in [1.82, 2.24) is 10.2 Å². The molecule has 1 unspecified atom stereocenters. The molecule has 1 fully saturated rings. The van der Waals surface area contributed by atoms with Gasteiger partial charge in [0.1, 0.15) is 5.76 Å². The Morgan fingerprint density at radius 3 is 2.73 bits per heavy atom. The molecule has 2 aliphatic heterocycles. The van der Waals surface area contributed by atoms with Crippen LogP contribution in [-0.2, 0) is 29.0 Å². The molecule has 5 heteroatoms. The molecular weight excluding hydrogens is 328 g/mol. The molecule has 1 N–H and O–H groups in total. The maximum absolute atomic E-state index is 12.8. The Bertz CT molecular complexity index is 799. The second-order valence-corrected chi connectivity index (χ2v) is 7.42. The number of benzene rings is 1. The number of carbonyl (C=O) groups is 2. The Morgan fingerprint density at radius 2 is 2.00 bits per heavy atom. The van der Waals surface area contributed by atoms with Gasteiger partial charge < -0.3 is 14.6 Å². The normalized spacial score (nSPS) is 22.2. The highest BCUT2D eigenvalue weighted by Crippen LogP contribution is 2.30.